The molecule has 0 spiro atoms. The Hall–Kier alpha value is -1.07. The standard InChI is InChI=1S/C15H24N2O2S/c1-3-12-7-9-13(10-8-12)17-20(18,19)15-11(2)5-4-6-14(15)16/h4-6,12-13,17H,3,7-10,16H2,1-2H3. The van der Waals surface area contributed by atoms with Crippen molar-refractivity contribution in [2.45, 2.75) is 56.9 Å². The SMILES string of the molecule is CCC1CCC(NS(=O)(=O)c2c(C)cccc2N)CC1. The largest absolute Gasteiger partial charge is 0.398 e. The minimum absolute atomic E-state index is 0.0433. The smallest absolute Gasteiger partial charge is 0.243 e. The molecule has 4 nitrogen and oxygen atoms in total. The highest BCUT2D eigenvalue weighted by atomic mass is 32.2. The Kier molecular flexibility index (Phi) is 4.70. The van der Waals surface area contributed by atoms with Gasteiger partial charge in [-0.3, -0.25) is 0 Å². The quantitative estimate of drug-likeness (QED) is 0.839. The number of anilines is 1. The zero-order valence-corrected chi connectivity index (χ0v) is 13.0. The van der Waals surface area contributed by atoms with Crippen molar-refractivity contribution in [1.29, 1.82) is 0 Å². The van der Waals surface area contributed by atoms with Gasteiger partial charge in [0.15, 0.2) is 0 Å². The fourth-order valence-corrected chi connectivity index (χ4v) is 4.67. The maximum absolute atomic E-state index is 12.5. The van der Waals surface area contributed by atoms with Gasteiger partial charge in [-0.1, -0.05) is 25.5 Å². The summed E-state index contributed by atoms with van der Waals surface area (Å²) in [6.07, 6.45) is 5.23. The highest BCUT2D eigenvalue weighted by Gasteiger charge is 2.27. The fourth-order valence-electron chi connectivity index (χ4n) is 3.01. The molecule has 0 saturated heterocycles. The predicted octanol–water partition coefficient (Wildman–Crippen LogP) is 2.82. The Morgan fingerprint density at radius 3 is 2.45 bits per heavy atom. The van der Waals surface area contributed by atoms with E-state index in [2.05, 4.69) is 11.6 Å². The van der Waals surface area contributed by atoms with Gasteiger partial charge in [0, 0.05) is 6.04 Å². The van der Waals surface area contributed by atoms with E-state index < -0.39 is 10.0 Å². The average molecular weight is 296 g/mol. The molecule has 0 heterocycles. The van der Waals surface area contributed by atoms with E-state index in [-0.39, 0.29) is 10.9 Å². The number of hydrogen-bond acceptors (Lipinski definition) is 3. The van der Waals surface area contributed by atoms with Crippen LogP contribution < -0.4 is 10.5 Å². The fraction of sp³-hybridized carbons (Fsp3) is 0.600. The zero-order chi connectivity index (χ0) is 14.8. The number of sulfonamides is 1. The highest BCUT2D eigenvalue weighted by Crippen LogP contribution is 2.28. The maximum atomic E-state index is 12.5. The second-order valence-corrected chi connectivity index (χ2v) is 7.39. The maximum Gasteiger partial charge on any atom is 0.243 e. The van der Waals surface area contributed by atoms with Crippen LogP contribution in [0.4, 0.5) is 5.69 Å². The van der Waals surface area contributed by atoms with E-state index in [1.807, 2.05) is 0 Å². The molecule has 0 bridgehead atoms. The minimum atomic E-state index is -3.52. The monoisotopic (exact) mass is 296 g/mol. The summed E-state index contributed by atoms with van der Waals surface area (Å²) in [5.41, 5.74) is 6.85. The van der Waals surface area contributed by atoms with Crippen molar-refractivity contribution >= 4 is 15.7 Å². The van der Waals surface area contributed by atoms with E-state index in [0.29, 0.717) is 11.3 Å². The Labute approximate surface area is 121 Å². The van der Waals surface area contributed by atoms with Crippen LogP contribution in [0.2, 0.25) is 0 Å². The molecule has 3 N–H and O–H groups in total. The Morgan fingerprint density at radius 1 is 1.25 bits per heavy atom. The number of nitrogen functional groups attached to an aromatic ring is 1. The van der Waals surface area contributed by atoms with E-state index in [1.54, 1.807) is 25.1 Å². The normalized spacial score (nSPS) is 23.7. The molecule has 1 saturated carbocycles. The van der Waals surface area contributed by atoms with Gasteiger partial charge in [0.1, 0.15) is 4.90 Å². The number of hydrogen-bond donors (Lipinski definition) is 2. The average Bonchev–Trinajstić information content (AvgIpc) is 2.38. The van der Waals surface area contributed by atoms with Crippen molar-refractivity contribution in [3.8, 4) is 0 Å². The molecular weight excluding hydrogens is 272 g/mol. The lowest BCUT2D eigenvalue weighted by Crippen LogP contribution is -2.38. The van der Waals surface area contributed by atoms with Gasteiger partial charge in [-0.15, -0.1) is 0 Å². The summed E-state index contributed by atoms with van der Waals surface area (Å²) in [4.78, 5) is 0.234. The molecule has 1 aliphatic carbocycles. The number of aryl methyl sites for hydroxylation is 1. The first kappa shape index (κ1) is 15.3. The van der Waals surface area contributed by atoms with Crippen LogP contribution in [-0.2, 0) is 10.0 Å². The third-order valence-corrected chi connectivity index (χ3v) is 6.00. The molecule has 0 aliphatic heterocycles. The van der Waals surface area contributed by atoms with Crippen LogP contribution in [0.15, 0.2) is 23.1 Å². The summed E-state index contributed by atoms with van der Waals surface area (Å²) in [6.45, 7) is 3.97. The molecule has 0 atom stereocenters. The lowest BCUT2D eigenvalue weighted by molar-refractivity contribution is 0.306. The van der Waals surface area contributed by atoms with Crippen LogP contribution in [0.25, 0.3) is 0 Å². The van der Waals surface area contributed by atoms with Gasteiger partial charge < -0.3 is 5.73 Å². The molecule has 5 heteroatoms. The van der Waals surface area contributed by atoms with Crippen LogP contribution in [-0.4, -0.2) is 14.5 Å². The summed E-state index contributed by atoms with van der Waals surface area (Å²) in [7, 11) is -3.52. The van der Waals surface area contributed by atoms with Crippen LogP contribution >= 0.6 is 0 Å². The molecule has 0 radical (unpaired) electrons. The van der Waals surface area contributed by atoms with Crippen LogP contribution in [0.1, 0.15) is 44.6 Å². The van der Waals surface area contributed by atoms with Crippen molar-refractivity contribution in [2.24, 2.45) is 5.92 Å². The first-order valence-corrected chi connectivity index (χ1v) is 8.79. The van der Waals surface area contributed by atoms with Gasteiger partial charge in [0.25, 0.3) is 0 Å². The van der Waals surface area contributed by atoms with E-state index in [1.165, 1.54) is 6.42 Å². The summed E-state index contributed by atoms with van der Waals surface area (Å²) in [5, 5.41) is 0. The Balaban J connectivity index is 2.12. The van der Waals surface area contributed by atoms with Crippen molar-refractivity contribution < 1.29 is 8.42 Å². The van der Waals surface area contributed by atoms with E-state index >= 15 is 0 Å². The predicted molar refractivity (Wildman–Crippen MR) is 81.9 cm³/mol. The molecule has 0 amide bonds. The van der Waals surface area contributed by atoms with Crippen LogP contribution in [0.5, 0.6) is 0 Å². The molecular formula is C15H24N2O2S. The zero-order valence-electron chi connectivity index (χ0n) is 12.2. The topological polar surface area (TPSA) is 72.2 Å². The first-order chi connectivity index (χ1) is 9.44. The van der Waals surface area contributed by atoms with Crippen molar-refractivity contribution in [2.75, 3.05) is 5.73 Å². The molecule has 0 aromatic heterocycles. The Morgan fingerprint density at radius 2 is 1.90 bits per heavy atom. The molecule has 112 valence electrons. The van der Waals surface area contributed by atoms with Crippen molar-refractivity contribution in [1.82, 2.24) is 4.72 Å². The molecule has 1 aliphatic rings. The lowest BCUT2D eigenvalue weighted by Gasteiger charge is -2.28. The molecule has 20 heavy (non-hydrogen) atoms. The summed E-state index contributed by atoms with van der Waals surface area (Å²) in [6, 6.07) is 5.23. The van der Waals surface area contributed by atoms with Crippen molar-refractivity contribution in [3.05, 3.63) is 23.8 Å². The number of rotatable bonds is 4. The summed E-state index contributed by atoms with van der Waals surface area (Å²) in [5.74, 6) is 0.749. The van der Waals surface area contributed by atoms with E-state index in [4.69, 9.17) is 5.73 Å². The summed E-state index contributed by atoms with van der Waals surface area (Å²) < 4.78 is 27.8. The summed E-state index contributed by atoms with van der Waals surface area (Å²) >= 11 is 0. The van der Waals surface area contributed by atoms with Crippen molar-refractivity contribution in [3.63, 3.8) is 0 Å². The second kappa shape index (κ2) is 6.14. The third-order valence-electron chi connectivity index (χ3n) is 4.26. The second-order valence-electron chi connectivity index (χ2n) is 5.74. The van der Waals surface area contributed by atoms with Gasteiger partial charge in [0.05, 0.1) is 5.69 Å². The van der Waals surface area contributed by atoms with Gasteiger partial charge >= 0.3 is 0 Å². The van der Waals surface area contributed by atoms with Gasteiger partial charge in [0.2, 0.25) is 10.0 Å². The third kappa shape index (κ3) is 3.33. The highest BCUT2D eigenvalue weighted by molar-refractivity contribution is 7.89. The molecule has 2 rings (SSSR count). The van der Waals surface area contributed by atoms with E-state index in [0.717, 1.165) is 31.6 Å². The van der Waals surface area contributed by atoms with Crippen LogP contribution in [0.3, 0.4) is 0 Å². The number of nitrogens with two attached hydrogens (primary N) is 1. The van der Waals surface area contributed by atoms with Gasteiger partial charge in [-0.05, 0) is 50.2 Å². The number of benzene rings is 1. The molecule has 1 fully saturated rings. The first-order valence-electron chi connectivity index (χ1n) is 7.31. The van der Waals surface area contributed by atoms with Crippen LogP contribution in [0, 0.1) is 12.8 Å². The van der Waals surface area contributed by atoms with Gasteiger partial charge in [-0.2, -0.15) is 0 Å². The minimum Gasteiger partial charge on any atom is -0.398 e. The molecule has 0 unspecified atom stereocenters. The lowest BCUT2D eigenvalue weighted by atomic mass is 9.85. The van der Waals surface area contributed by atoms with E-state index in [9.17, 15) is 8.42 Å². The Bertz CT molecular complexity index is 541. The number of nitrogens with one attached hydrogen (secondary N) is 1. The van der Waals surface area contributed by atoms with Gasteiger partial charge in [-0.25, -0.2) is 13.1 Å². The molecule has 1 aromatic rings. The molecule has 1 aromatic carbocycles.